The van der Waals surface area contributed by atoms with Gasteiger partial charge in [-0.15, -0.1) is 0 Å². The molecule has 5 heteroatoms. The van der Waals surface area contributed by atoms with Crippen LogP contribution in [-0.4, -0.2) is 20.1 Å². The Balaban J connectivity index is 1.55. The highest BCUT2D eigenvalue weighted by Crippen LogP contribution is 2.40. The van der Waals surface area contributed by atoms with Gasteiger partial charge in [0.15, 0.2) is 0 Å². The lowest BCUT2D eigenvalue weighted by atomic mass is 10.1. The molecule has 5 nitrogen and oxygen atoms in total. The summed E-state index contributed by atoms with van der Waals surface area (Å²) in [4.78, 5) is 12.6. The van der Waals surface area contributed by atoms with Gasteiger partial charge in [-0.05, 0) is 29.9 Å². The number of nitrogens with zero attached hydrogens (tertiary/aromatic N) is 4. The van der Waals surface area contributed by atoms with Gasteiger partial charge in [-0.2, -0.15) is 4.98 Å². The first kappa shape index (κ1) is 12.2. The van der Waals surface area contributed by atoms with Crippen LogP contribution in [0.4, 0.5) is 0 Å². The first-order chi connectivity index (χ1) is 10.4. The highest BCUT2D eigenvalue weighted by Gasteiger charge is 2.23. The molecule has 1 saturated carbocycles. The lowest BCUT2D eigenvalue weighted by Gasteiger charge is -2.01. The van der Waals surface area contributed by atoms with Gasteiger partial charge >= 0.3 is 0 Å². The van der Waals surface area contributed by atoms with E-state index in [0.717, 1.165) is 5.92 Å². The number of rotatable bonds is 4. The fourth-order valence-electron chi connectivity index (χ4n) is 2.39. The summed E-state index contributed by atoms with van der Waals surface area (Å²) in [5.74, 6) is 1.84. The number of hydrogen-bond donors (Lipinski definition) is 0. The normalized spacial score (nSPS) is 14.3. The second kappa shape index (κ2) is 5.09. The van der Waals surface area contributed by atoms with Crippen LogP contribution in [0, 0.1) is 0 Å². The molecule has 21 heavy (non-hydrogen) atoms. The zero-order chi connectivity index (χ0) is 14.1. The molecule has 2 aromatic heterocycles. The Morgan fingerprint density at radius 2 is 2.14 bits per heavy atom. The summed E-state index contributed by atoms with van der Waals surface area (Å²) < 4.78 is 5.31. The van der Waals surface area contributed by atoms with Crippen molar-refractivity contribution < 1.29 is 4.52 Å². The van der Waals surface area contributed by atoms with Crippen molar-refractivity contribution in [1.29, 1.82) is 0 Å². The average Bonchev–Trinajstić information content (AvgIpc) is 3.29. The SMILES string of the molecule is c1cc(Cc2nc(-c3cnccn3)no2)cc(C2CC2)c1. The van der Waals surface area contributed by atoms with Crippen molar-refractivity contribution in [2.75, 3.05) is 0 Å². The Kier molecular flexibility index (Phi) is 2.96. The maximum atomic E-state index is 5.31. The molecular weight excluding hydrogens is 264 g/mol. The topological polar surface area (TPSA) is 64.7 Å². The first-order valence-corrected chi connectivity index (χ1v) is 7.06. The van der Waals surface area contributed by atoms with E-state index in [1.165, 1.54) is 24.0 Å². The van der Waals surface area contributed by atoms with Gasteiger partial charge in [-0.3, -0.25) is 4.98 Å². The zero-order valence-electron chi connectivity index (χ0n) is 11.4. The van der Waals surface area contributed by atoms with E-state index < -0.39 is 0 Å². The maximum absolute atomic E-state index is 5.31. The lowest BCUT2D eigenvalue weighted by molar-refractivity contribution is 0.385. The minimum atomic E-state index is 0.483. The van der Waals surface area contributed by atoms with Crippen LogP contribution in [-0.2, 0) is 6.42 Å². The molecule has 0 atom stereocenters. The molecule has 1 aromatic carbocycles. The molecule has 1 fully saturated rings. The summed E-state index contributed by atoms with van der Waals surface area (Å²) in [6.45, 7) is 0. The molecule has 0 aliphatic heterocycles. The van der Waals surface area contributed by atoms with Crippen molar-refractivity contribution in [2.45, 2.75) is 25.2 Å². The smallest absolute Gasteiger partial charge is 0.231 e. The first-order valence-electron chi connectivity index (χ1n) is 7.06. The molecule has 1 aliphatic carbocycles. The predicted octanol–water partition coefficient (Wildman–Crippen LogP) is 2.99. The van der Waals surface area contributed by atoms with Crippen LogP contribution in [0.5, 0.6) is 0 Å². The second-order valence-corrected chi connectivity index (χ2v) is 5.30. The van der Waals surface area contributed by atoms with Crippen molar-refractivity contribution in [3.05, 3.63) is 59.9 Å². The van der Waals surface area contributed by atoms with Crippen LogP contribution in [0.1, 0.15) is 35.8 Å². The maximum Gasteiger partial charge on any atom is 0.231 e. The third-order valence-corrected chi connectivity index (χ3v) is 3.62. The van der Waals surface area contributed by atoms with Crippen molar-refractivity contribution in [2.24, 2.45) is 0 Å². The second-order valence-electron chi connectivity index (χ2n) is 5.30. The quantitative estimate of drug-likeness (QED) is 0.734. The zero-order valence-corrected chi connectivity index (χ0v) is 11.4. The van der Waals surface area contributed by atoms with E-state index in [9.17, 15) is 0 Å². The molecule has 2 heterocycles. The van der Waals surface area contributed by atoms with Gasteiger partial charge in [-0.1, -0.05) is 29.4 Å². The summed E-state index contributed by atoms with van der Waals surface area (Å²) in [7, 11) is 0. The Bertz CT molecular complexity index is 750. The van der Waals surface area contributed by atoms with E-state index in [2.05, 4.69) is 44.4 Å². The molecule has 1 aliphatic rings. The summed E-state index contributed by atoms with van der Waals surface area (Å²) in [5, 5.41) is 3.96. The van der Waals surface area contributed by atoms with Crippen molar-refractivity contribution in [1.82, 2.24) is 20.1 Å². The highest BCUT2D eigenvalue weighted by molar-refractivity contribution is 5.45. The van der Waals surface area contributed by atoms with Gasteiger partial charge in [0.25, 0.3) is 0 Å². The monoisotopic (exact) mass is 278 g/mol. The molecule has 0 bridgehead atoms. The Morgan fingerprint density at radius 3 is 2.95 bits per heavy atom. The Labute approximate surface area is 122 Å². The van der Waals surface area contributed by atoms with Gasteiger partial charge in [-0.25, -0.2) is 4.98 Å². The molecule has 104 valence electrons. The van der Waals surface area contributed by atoms with E-state index in [0.29, 0.717) is 23.8 Å². The largest absolute Gasteiger partial charge is 0.339 e. The molecule has 0 unspecified atom stereocenters. The van der Waals surface area contributed by atoms with Gasteiger partial charge in [0.1, 0.15) is 5.69 Å². The standard InChI is InChI=1S/C16H14N4O/c1-2-11(8-13(3-1)12-4-5-12)9-15-19-16(20-21-15)14-10-17-6-7-18-14/h1-3,6-8,10,12H,4-5,9H2. The highest BCUT2D eigenvalue weighted by atomic mass is 16.5. The summed E-state index contributed by atoms with van der Waals surface area (Å²) >= 11 is 0. The van der Waals surface area contributed by atoms with Gasteiger partial charge in [0.2, 0.25) is 11.7 Å². The van der Waals surface area contributed by atoms with Crippen LogP contribution >= 0.6 is 0 Å². The minimum Gasteiger partial charge on any atom is -0.339 e. The summed E-state index contributed by atoms with van der Waals surface area (Å²) in [5.41, 5.74) is 3.24. The number of aromatic nitrogens is 4. The van der Waals surface area contributed by atoms with Crippen molar-refractivity contribution in [3.8, 4) is 11.5 Å². The number of hydrogen-bond acceptors (Lipinski definition) is 5. The van der Waals surface area contributed by atoms with Crippen LogP contribution in [0.15, 0.2) is 47.4 Å². The lowest BCUT2D eigenvalue weighted by Crippen LogP contribution is -1.91. The van der Waals surface area contributed by atoms with Crippen LogP contribution in [0.3, 0.4) is 0 Å². The fourth-order valence-corrected chi connectivity index (χ4v) is 2.39. The molecule has 0 spiro atoms. The van der Waals surface area contributed by atoms with E-state index in [1.807, 2.05) is 0 Å². The molecule has 0 radical (unpaired) electrons. The Morgan fingerprint density at radius 1 is 1.19 bits per heavy atom. The molecule has 0 saturated heterocycles. The van der Waals surface area contributed by atoms with Crippen molar-refractivity contribution in [3.63, 3.8) is 0 Å². The third kappa shape index (κ3) is 2.67. The summed E-state index contributed by atoms with van der Waals surface area (Å²) in [6, 6.07) is 8.63. The number of benzene rings is 1. The molecule has 0 amide bonds. The fraction of sp³-hybridized carbons (Fsp3) is 0.250. The van der Waals surface area contributed by atoms with E-state index in [4.69, 9.17) is 4.52 Å². The molecule has 4 rings (SSSR count). The van der Waals surface area contributed by atoms with Crippen LogP contribution in [0.2, 0.25) is 0 Å². The van der Waals surface area contributed by atoms with Crippen LogP contribution in [0.25, 0.3) is 11.5 Å². The molecule has 0 N–H and O–H groups in total. The van der Waals surface area contributed by atoms with Gasteiger partial charge in [0, 0.05) is 12.4 Å². The van der Waals surface area contributed by atoms with Crippen LogP contribution < -0.4 is 0 Å². The Hall–Kier alpha value is -2.56. The average molecular weight is 278 g/mol. The van der Waals surface area contributed by atoms with E-state index >= 15 is 0 Å². The van der Waals surface area contributed by atoms with Gasteiger partial charge in [0.05, 0.1) is 12.6 Å². The predicted molar refractivity (Wildman–Crippen MR) is 76.5 cm³/mol. The third-order valence-electron chi connectivity index (χ3n) is 3.62. The van der Waals surface area contributed by atoms with Crippen molar-refractivity contribution >= 4 is 0 Å². The summed E-state index contributed by atoms with van der Waals surface area (Å²) in [6.07, 6.45) is 8.12. The van der Waals surface area contributed by atoms with Gasteiger partial charge < -0.3 is 4.52 Å². The molecule has 3 aromatic rings. The minimum absolute atomic E-state index is 0.483. The molecular formula is C16H14N4O. The van der Waals surface area contributed by atoms with E-state index in [1.54, 1.807) is 18.6 Å². The van der Waals surface area contributed by atoms with E-state index in [-0.39, 0.29) is 0 Å².